The lowest BCUT2D eigenvalue weighted by Crippen LogP contribution is -2.56. The number of amides is 3. The van der Waals surface area contributed by atoms with Crippen molar-refractivity contribution in [2.24, 2.45) is 11.8 Å². The summed E-state index contributed by atoms with van der Waals surface area (Å²) in [5, 5.41) is 9.36. The molecule has 1 aromatic rings. The molecule has 2 bridgehead atoms. The lowest BCUT2D eigenvalue weighted by molar-refractivity contribution is -0.144. The number of carbonyl (C=O) groups excluding carboxylic acids is 3. The molecule has 5 atom stereocenters. The number of fused-ring (bicyclic) bond motifs is 1. The van der Waals surface area contributed by atoms with Crippen LogP contribution in [0.5, 0.6) is 0 Å². The second kappa shape index (κ2) is 10.8. The highest BCUT2D eigenvalue weighted by molar-refractivity contribution is 6.05. The fourth-order valence-electron chi connectivity index (χ4n) is 6.48. The van der Waals surface area contributed by atoms with Crippen LogP contribution in [0.4, 0.5) is 5.69 Å². The van der Waals surface area contributed by atoms with Gasteiger partial charge in [0.15, 0.2) is 0 Å². The van der Waals surface area contributed by atoms with Gasteiger partial charge >= 0.3 is 0 Å². The molecule has 1 N–H and O–H groups in total. The van der Waals surface area contributed by atoms with Crippen molar-refractivity contribution in [2.45, 2.75) is 57.3 Å². The number of likely N-dealkylation sites (N-methyl/N-ethyl adjacent to an activating group) is 1. The van der Waals surface area contributed by atoms with Gasteiger partial charge in [0, 0.05) is 39.0 Å². The Kier molecular flexibility index (Phi) is 7.90. The van der Waals surface area contributed by atoms with E-state index in [1.807, 2.05) is 32.0 Å². The molecule has 3 aliphatic rings. The van der Waals surface area contributed by atoms with Gasteiger partial charge in [-0.25, -0.2) is 0 Å². The molecule has 0 aromatic heterocycles. The number of hydrogen-bond acceptors (Lipinski definition) is 5. The summed E-state index contributed by atoms with van der Waals surface area (Å²) >= 11 is 0. The molecule has 200 valence electrons. The lowest BCUT2D eigenvalue weighted by Gasteiger charge is -2.37. The van der Waals surface area contributed by atoms with Gasteiger partial charge in [0.1, 0.15) is 11.6 Å². The van der Waals surface area contributed by atoms with Gasteiger partial charge in [-0.3, -0.25) is 14.4 Å². The second-order valence-electron chi connectivity index (χ2n) is 10.6. The molecule has 0 saturated carbocycles. The van der Waals surface area contributed by atoms with Crippen molar-refractivity contribution in [3.63, 3.8) is 0 Å². The van der Waals surface area contributed by atoms with Crippen LogP contribution in [0.2, 0.25) is 0 Å². The van der Waals surface area contributed by atoms with Crippen LogP contribution in [-0.4, -0.2) is 83.7 Å². The van der Waals surface area contributed by atoms with Crippen molar-refractivity contribution in [3.8, 4) is 0 Å². The number of carbonyl (C=O) groups is 3. The Bertz CT molecular complexity index is 1090. The van der Waals surface area contributed by atoms with Crippen molar-refractivity contribution in [1.82, 2.24) is 9.80 Å². The average Bonchev–Trinajstić information content (AvgIpc) is 3.51. The predicted octanol–water partition coefficient (Wildman–Crippen LogP) is 2.61. The highest BCUT2D eigenvalue weighted by atomic mass is 16.5. The highest BCUT2D eigenvalue weighted by Gasteiger charge is 2.74. The van der Waals surface area contributed by atoms with Crippen LogP contribution in [0.3, 0.4) is 0 Å². The molecule has 3 aliphatic heterocycles. The van der Waals surface area contributed by atoms with Crippen LogP contribution in [0.25, 0.3) is 0 Å². The van der Waals surface area contributed by atoms with E-state index < -0.39 is 29.6 Å². The van der Waals surface area contributed by atoms with Gasteiger partial charge in [-0.05, 0) is 56.7 Å². The lowest BCUT2D eigenvalue weighted by atomic mass is 9.70. The number of aryl methyl sites for hydroxylation is 2. The van der Waals surface area contributed by atoms with Gasteiger partial charge in [0.25, 0.3) is 5.91 Å². The maximum absolute atomic E-state index is 14.5. The number of rotatable bonds is 11. The molecule has 0 aliphatic carbocycles. The molecular weight excluding hydrogens is 470 g/mol. The molecule has 1 spiro atoms. The minimum absolute atomic E-state index is 0.00627. The molecule has 3 heterocycles. The largest absolute Gasteiger partial charge is 0.396 e. The topological polar surface area (TPSA) is 90.4 Å². The van der Waals surface area contributed by atoms with Crippen molar-refractivity contribution >= 4 is 23.4 Å². The molecule has 2 unspecified atom stereocenters. The molecule has 3 amide bonds. The highest BCUT2D eigenvalue weighted by Crippen LogP contribution is 2.59. The molecule has 1 aromatic carbocycles. The molecule has 4 rings (SSSR count). The summed E-state index contributed by atoms with van der Waals surface area (Å²) in [6.45, 7) is 12.5. The zero-order valence-corrected chi connectivity index (χ0v) is 22.2. The molecular formula is C29H39N3O5. The zero-order chi connectivity index (χ0) is 26.9. The van der Waals surface area contributed by atoms with E-state index in [4.69, 9.17) is 4.74 Å². The first-order valence-electron chi connectivity index (χ1n) is 13.2. The molecule has 37 heavy (non-hydrogen) atoms. The normalized spacial score (nSPS) is 27.8. The Balaban J connectivity index is 1.77. The van der Waals surface area contributed by atoms with Gasteiger partial charge in [-0.1, -0.05) is 24.3 Å². The van der Waals surface area contributed by atoms with Crippen LogP contribution >= 0.6 is 0 Å². The van der Waals surface area contributed by atoms with Gasteiger partial charge < -0.3 is 24.5 Å². The Morgan fingerprint density at radius 1 is 1.19 bits per heavy atom. The molecule has 3 fully saturated rings. The number of aliphatic hydroxyl groups is 1. The summed E-state index contributed by atoms with van der Waals surface area (Å²) in [7, 11) is 1.70. The SMILES string of the molecule is C=CCN(C)C(=O)[C@@H]1[C@@H]2CCC3(O2)C(C(=O)N(CC=C)c2cc(C)ccc2C)N(CCCCO)C(=O)[C@H]13. The number of likely N-dealkylation sites (tertiary alicyclic amines) is 1. The minimum atomic E-state index is -1.05. The minimum Gasteiger partial charge on any atom is -0.396 e. The van der Waals surface area contributed by atoms with Crippen molar-refractivity contribution in [2.75, 3.05) is 38.2 Å². The quantitative estimate of drug-likeness (QED) is 0.366. The number of unbranched alkanes of at least 4 members (excludes halogenated alkanes) is 1. The maximum Gasteiger partial charge on any atom is 0.253 e. The molecule has 0 radical (unpaired) electrons. The molecule has 8 heteroatoms. The Hall–Kier alpha value is -2.97. The van der Waals surface area contributed by atoms with Gasteiger partial charge in [0.2, 0.25) is 11.8 Å². The maximum atomic E-state index is 14.5. The summed E-state index contributed by atoms with van der Waals surface area (Å²) in [6.07, 6.45) is 5.19. The van der Waals surface area contributed by atoms with Crippen LogP contribution in [0.1, 0.15) is 36.8 Å². The number of aliphatic hydroxyl groups excluding tert-OH is 1. The van der Waals surface area contributed by atoms with Crippen molar-refractivity contribution in [1.29, 1.82) is 0 Å². The van der Waals surface area contributed by atoms with E-state index in [2.05, 4.69) is 13.2 Å². The standard InChI is InChI=1S/C29H39N3O5/c1-6-14-30(5)26(34)23-22-12-13-29(37-22)24(23)27(35)32(16-8-9-17-33)25(29)28(36)31(15-7-2)21-18-19(3)10-11-20(21)4/h6-7,10-11,18,22-25,33H,1-2,8-9,12-17H2,3-5H3/t22-,23+,24-,25?,29?/m0/s1. The van der Waals surface area contributed by atoms with E-state index in [0.29, 0.717) is 38.8 Å². The van der Waals surface area contributed by atoms with Crippen LogP contribution < -0.4 is 4.90 Å². The Morgan fingerprint density at radius 3 is 2.59 bits per heavy atom. The van der Waals surface area contributed by atoms with E-state index >= 15 is 0 Å². The molecule has 8 nitrogen and oxygen atoms in total. The predicted molar refractivity (Wildman–Crippen MR) is 142 cm³/mol. The Morgan fingerprint density at radius 2 is 1.92 bits per heavy atom. The summed E-state index contributed by atoms with van der Waals surface area (Å²) in [6, 6.07) is 5.11. The van der Waals surface area contributed by atoms with E-state index in [1.165, 1.54) is 0 Å². The van der Waals surface area contributed by atoms with Crippen molar-refractivity contribution < 1.29 is 24.2 Å². The fraction of sp³-hybridized carbons (Fsp3) is 0.552. The van der Waals surface area contributed by atoms with E-state index in [9.17, 15) is 19.5 Å². The zero-order valence-electron chi connectivity index (χ0n) is 22.2. The van der Waals surface area contributed by atoms with E-state index in [-0.39, 0.29) is 30.9 Å². The average molecular weight is 510 g/mol. The molecule has 3 saturated heterocycles. The second-order valence-corrected chi connectivity index (χ2v) is 10.6. The van der Waals surface area contributed by atoms with Crippen LogP contribution in [-0.2, 0) is 19.1 Å². The fourth-order valence-corrected chi connectivity index (χ4v) is 6.48. The summed E-state index contributed by atoms with van der Waals surface area (Å²) in [5.74, 6) is -1.91. The summed E-state index contributed by atoms with van der Waals surface area (Å²) in [5.41, 5.74) is 1.69. The Labute approximate surface area is 219 Å². The number of hydrogen-bond donors (Lipinski definition) is 1. The smallest absolute Gasteiger partial charge is 0.253 e. The summed E-state index contributed by atoms with van der Waals surface area (Å²) in [4.78, 5) is 46.9. The van der Waals surface area contributed by atoms with Gasteiger partial charge in [0.05, 0.1) is 17.9 Å². The van der Waals surface area contributed by atoms with Crippen LogP contribution in [0, 0.1) is 25.7 Å². The third kappa shape index (κ3) is 4.50. The van der Waals surface area contributed by atoms with Gasteiger partial charge in [-0.2, -0.15) is 0 Å². The van der Waals surface area contributed by atoms with Crippen LogP contribution in [0.15, 0.2) is 43.5 Å². The van der Waals surface area contributed by atoms with E-state index in [1.54, 1.807) is 33.9 Å². The number of ether oxygens (including phenoxy) is 1. The first-order valence-corrected chi connectivity index (χ1v) is 13.2. The third-order valence-electron chi connectivity index (χ3n) is 8.14. The first-order chi connectivity index (χ1) is 17.7. The van der Waals surface area contributed by atoms with Gasteiger partial charge in [-0.15, -0.1) is 13.2 Å². The van der Waals surface area contributed by atoms with E-state index in [0.717, 1.165) is 16.8 Å². The number of anilines is 1. The number of nitrogens with zero attached hydrogens (tertiary/aromatic N) is 3. The number of benzene rings is 1. The third-order valence-corrected chi connectivity index (χ3v) is 8.14. The van der Waals surface area contributed by atoms with Crippen molar-refractivity contribution in [3.05, 3.63) is 54.6 Å². The monoisotopic (exact) mass is 509 g/mol. The summed E-state index contributed by atoms with van der Waals surface area (Å²) < 4.78 is 6.55. The first kappa shape index (κ1) is 27.1.